The molecule has 2 saturated carbocycles. The second-order valence-electron chi connectivity index (χ2n) is 14.3. The van der Waals surface area contributed by atoms with Crippen molar-refractivity contribution < 1.29 is 23.5 Å². The number of carbonyl (C=O) groups is 2. The minimum atomic E-state index is -0.563. The van der Waals surface area contributed by atoms with Crippen LogP contribution in [0.3, 0.4) is 0 Å². The average Bonchev–Trinajstić information content (AvgIpc) is 3.81. The third-order valence-corrected chi connectivity index (χ3v) is 9.71. The molecule has 2 N–H and O–H groups in total. The Morgan fingerprint density at radius 2 is 1.83 bits per heavy atom. The van der Waals surface area contributed by atoms with E-state index in [9.17, 15) is 9.59 Å². The third-order valence-electron chi connectivity index (χ3n) is 9.71. The summed E-state index contributed by atoms with van der Waals surface area (Å²) in [4.78, 5) is 41.3. The van der Waals surface area contributed by atoms with Crippen LogP contribution in [0.1, 0.15) is 64.9 Å². The number of pyridine rings is 1. The lowest BCUT2D eigenvalue weighted by Crippen LogP contribution is -2.47. The zero-order valence-electron chi connectivity index (χ0n) is 27.8. The molecule has 0 radical (unpaired) electrons. The molecule has 250 valence electrons. The van der Waals surface area contributed by atoms with Gasteiger partial charge in [0.05, 0.1) is 16.9 Å². The lowest BCUT2D eigenvalue weighted by atomic mass is 9.79. The fourth-order valence-electron chi connectivity index (χ4n) is 6.95. The third kappa shape index (κ3) is 6.37. The first kappa shape index (κ1) is 31.8. The van der Waals surface area contributed by atoms with Gasteiger partial charge in [-0.1, -0.05) is 18.6 Å². The number of aryl methyl sites for hydroxylation is 1. The minimum absolute atomic E-state index is 0.0429. The van der Waals surface area contributed by atoms with Crippen molar-refractivity contribution in [1.29, 1.82) is 0 Å². The number of amides is 2. The van der Waals surface area contributed by atoms with Gasteiger partial charge in [0.1, 0.15) is 17.2 Å². The molecule has 1 spiro atoms. The molecule has 1 saturated heterocycles. The first-order valence-electron chi connectivity index (χ1n) is 16.7. The van der Waals surface area contributed by atoms with Crippen molar-refractivity contribution >= 4 is 34.4 Å². The number of fused-ring (bicyclic) bond motifs is 1. The van der Waals surface area contributed by atoms with Crippen LogP contribution in [0.25, 0.3) is 22.0 Å². The SMILES string of the molecule is Cc1ccc2c(NC(=O)[C@H]3CC34CCC4)c(F)ccc2c1Oc1ncccc1-c1ccnc(NC2CCCN(C(=O)OC(C)(C)C)C2)n1. The van der Waals surface area contributed by atoms with Crippen LogP contribution >= 0.6 is 0 Å². The molecule has 2 amide bonds. The molecule has 2 aliphatic carbocycles. The van der Waals surface area contributed by atoms with Crippen molar-refractivity contribution in [1.82, 2.24) is 19.9 Å². The lowest BCUT2D eigenvalue weighted by molar-refractivity contribution is -0.118. The molecule has 48 heavy (non-hydrogen) atoms. The second-order valence-corrected chi connectivity index (χ2v) is 14.3. The van der Waals surface area contributed by atoms with E-state index in [1.54, 1.807) is 29.4 Å². The number of hydrogen-bond donors (Lipinski definition) is 2. The summed E-state index contributed by atoms with van der Waals surface area (Å²) in [6.07, 6.45) is 8.86. The number of nitrogens with zero attached hydrogens (tertiary/aromatic N) is 4. The minimum Gasteiger partial charge on any atom is -0.444 e. The molecular formula is C37H41FN6O4. The zero-order valence-corrected chi connectivity index (χ0v) is 27.8. The summed E-state index contributed by atoms with van der Waals surface area (Å²) in [5.74, 6) is 0.617. The predicted molar refractivity (Wildman–Crippen MR) is 181 cm³/mol. The van der Waals surface area contributed by atoms with E-state index >= 15 is 4.39 Å². The first-order valence-corrected chi connectivity index (χ1v) is 16.7. The summed E-state index contributed by atoms with van der Waals surface area (Å²) >= 11 is 0. The summed E-state index contributed by atoms with van der Waals surface area (Å²) in [5, 5.41) is 7.52. The standard InChI is InChI=1S/C37H41FN6O4/c1-22-10-11-24-25(12-13-28(38)30(24)43-32(45)27-20-37(27)15-7-16-37)31(22)47-33-26(9-5-17-39-33)29-14-18-40-34(42-29)41-23-8-6-19-44(21-23)35(46)48-36(2,3)4/h5,9-14,17-18,23,27H,6-8,15-16,19-21H2,1-4H3,(H,43,45)(H,40,41,42)/t23?,27-/m1/s1. The Hall–Kier alpha value is -4.80. The van der Waals surface area contributed by atoms with Crippen LogP contribution in [0.5, 0.6) is 11.6 Å². The van der Waals surface area contributed by atoms with Crippen LogP contribution < -0.4 is 15.4 Å². The molecule has 1 aliphatic heterocycles. The van der Waals surface area contributed by atoms with Crippen LogP contribution in [-0.4, -0.2) is 56.6 Å². The van der Waals surface area contributed by atoms with Crippen LogP contribution in [0, 0.1) is 24.1 Å². The quantitative estimate of drug-likeness (QED) is 0.207. The topological polar surface area (TPSA) is 119 Å². The molecule has 0 bridgehead atoms. The Balaban J connectivity index is 1.12. The number of benzene rings is 2. The monoisotopic (exact) mass is 652 g/mol. The van der Waals surface area contributed by atoms with Crippen molar-refractivity contribution in [2.24, 2.45) is 11.3 Å². The van der Waals surface area contributed by atoms with E-state index in [2.05, 4.69) is 20.6 Å². The highest BCUT2D eigenvalue weighted by molar-refractivity contribution is 6.06. The molecule has 10 nitrogen and oxygen atoms in total. The molecule has 3 aliphatic rings. The first-order chi connectivity index (χ1) is 23.0. The summed E-state index contributed by atoms with van der Waals surface area (Å²) in [7, 11) is 0. The lowest BCUT2D eigenvalue weighted by Gasteiger charge is -2.34. The van der Waals surface area contributed by atoms with Crippen LogP contribution in [-0.2, 0) is 9.53 Å². The Labute approximate surface area is 279 Å². The summed E-state index contributed by atoms with van der Waals surface area (Å²) in [6.45, 7) is 8.61. The fourth-order valence-corrected chi connectivity index (χ4v) is 6.95. The van der Waals surface area contributed by atoms with Gasteiger partial charge in [-0.3, -0.25) is 4.79 Å². The van der Waals surface area contributed by atoms with E-state index in [1.807, 2.05) is 52.0 Å². The number of likely N-dealkylation sites (tertiary alicyclic amines) is 1. The van der Waals surface area contributed by atoms with Crippen LogP contribution in [0.4, 0.5) is 20.8 Å². The molecule has 11 heteroatoms. The van der Waals surface area contributed by atoms with Gasteiger partial charge in [0.15, 0.2) is 0 Å². The van der Waals surface area contributed by atoms with Gasteiger partial charge >= 0.3 is 6.09 Å². The van der Waals surface area contributed by atoms with Crippen LogP contribution in [0.2, 0.25) is 0 Å². The van der Waals surface area contributed by atoms with Gasteiger partial charge < -0.3 is 25.0 Å². The molecule has 2 atom stereocenters. The maximum absolute atomic E-state index is 15.2. The van der Waals surface area contributed by atoms with Crippen LogP contribution in [0.15, 0.2) is 54.9 Å². The van der Waals surface area contributed by atoms with Crippen molar-refractivity contribution in [3.05, 3.63) is 66.2 Å². The molecule has 7 rings (SSSR count). The van der Waals surface area contributed by atoms with Gasteiger partial charge in [-0.05, 0) is 101 Å². The second kappa shape index (κ2) is 12.3. The van der Waals surface area contributed by atoms with Crippen molar-refractivity contribution in [3.63, 3.8) is 0 Å². The van der Waals surface area contributed by atoms with Crippen molar-refractivity contribution in [3.8, 4) is 22.9 Å². The molecule has 3 heterocycles. The number of ether oxygens (including phenoxy) is 2. The highest BCUT2D eigenvalue weighted by atomic mass is 19.1. The normalized spacial score (nSPS) is 19.8. The number of carbonyl (C=O) groups excluding carboxylic acids is 2. The zero-order chi connectivity index (χ0) is 33.6. The summed E-state index contributed by atoms with van der Waals surface area (Å²) in [5.41, 5.74) is 1.82. The summed E-state index contributed by atoms with van der Waals surface area (Å²) < 4.78 is 27.3. The number of rotatable bonds is 7. The number of piperidine rings is 1. The van der Waals surface area contributed by atoms with Gasteiger partial charge in [0, 0.05) is 48.2 Å². The van der Waals surface area contributed by atoms with E-state index in [1.165, 1.54) is 6.07 Å². The molecule has 2 aromatic heterocycles. The number of nitrogens with one attached hydrogen (secondary N) is 2. The van der Waals surface area contributed by atoms with Gasteiger partial charge in [-0.15, -0.1) is 0 Å². The van der Waals surface area contributed by atoms with Gasteiger partial charge in [0.25, 0.3) is 0 Å². The number of halogens is 1. The highest BCUT2D eigenvalue weighted by Gasteiger charge is 2.61. The molecular weight excluding hydrogens is 611 g/mol. The van der Waals surface area contributed by atoms with Gasteiger partial charge in [-0.25, -0.2) is 24.1 Å². The molecule has 3 fully saturated rings. The average molecular weight is 653 g/mol. The van der Waals surface area contributed by atoms with E-state index in [-0.39, 0.29) is 35.1 Å². The number of hydrogen-bond acceptors (Lipinski definition) is 8. The van der Waals surface area contributed by atoms with E-state index in [4.69, 9.17) is 14.5 Å². The van der Waals surface area contributed by atoms with E-state index in [0.717, 1.165) is 44.1 Å². The molecule has 4 aromatic rings. The number of anilines is 2. The van der Waals surface area contributed by atoms with Gasteiger partial charge in [0.2, 0.25) is 17.7 Å². The number of aromatic nitrogens is 3. The van der Waals surface area contributed by atoms with Crippen molar-refractivity contribution in [2.75, 3.05) is 23.7 Å². The van der Waals surface area contributed by atoms with Gasteiger partial charge in [-0.2, -0.15) is 0 Å². The maximum atomic E-state index is 15.2. The Morgan fingerprint density at radius 3 is 2.58 bits per heavy atom. The largest absolute Gasteiger partial charge is 0.444 e. The fraction of sp³-hybridized carbons (Fsp3) is 0.432. The van der Waals surface area contributed by atoms with E-state index < -0.39 is 11.4 Å². The predicted octanol–water partition coefficient (Wildman–Crippen LogP) is 7.87. The maximum Gasteiger partial charge on any atom is 0.410 e. The highest BCUT2D eigenvalue weighted by Crippen LogP contribution is 2.65. The molecule has 2 aromatic carbocycles. The van der Waals surface area contributed by atoms with Crippen molar-refractivity contribution in [2.45, 2.75) is 77.9 Å². The summed E-state index contributed by atoms with van der Waals surface area (Å²) in [6, 6.07) is 12.1. The Bertz CT molecular complexity index is 1890. The Kier molecular flexibility index (Phi) is 8.17. The molecule has 1 unspecified atom stereocenters. The smallest absolute Gasteiger partial charge is 0.410 e. The Morgan fingerprint density at radius 1 is 1.02 bits per heavy atom. The van der Waals surface area contributed by atoms with E-state index in [0.29, 0.717) is 52.7 Å².